The molecule has 0 spiro atoms. The number of methoxy groups -OCH3 is 1. The van der Waals surface area contributed by atoms with E-state index < -0.39 is 11.2 Å². The Morgan fingerprint density at radius 2 is 2.12 bits per heavy atom. The number of carboxylic acids is 1. The van der Waals surface area contributed by atoms with Crippen molar-refractivity contribution in [3.05, 3.63) is 35.4 Å². The van der Waals surface area contributed by atoms with Gasteiger partial charge in [-0.2, -0.15) is 0 Å². The fraction of sp³-hybridized carbons (Fsp3) is 0.0909. The fourth-order valence-electron chi connectivity index (χ4n) is 1.16. The molecule has 84 valence electrons. The first-order valence-corrected chi connectivity index (χ1v) is 4.71. The third kappa shape index (κ3) is 3.10. The number of carbonyl (C=O) groups is 2. The molecular weight excluding hydrogens is 232 g/mol. The largest absolute Gasteiger partial charge is 0.496 e. The van der Waals surface area contributed by atoms with Gasteiger partial charge in [0.25, 0.3) is 0 Å². The lowest BCUT2D eigenvalue weighted by atomic mass is 10.1. The number of halogens is 1. The van der Waals surface area contributed by atoms with Crippen LogP contribution in [0.1, 0.15) is 15.9 Å². The third-order valence-corrected chi connectivity index (χ3v) is 1.99. The summed E-state index contributed by atoms with van der Waals surface area (Å²) < 4.78 is 4.89. The lowest BCUT2D eigenvalue weighted by Crippen LogP contribution is -2.00. The number of rotatable bonds is 4. The van der Waals surface area contributed by atoms with Gasteiger partial charge in [0.1, 0.15) is 11.3 Å². The molecular formula is C11H9ClO4. The van der Waals surface area contributed by atoms with Gasteiger partial charge in [0.15, 0.2) is 0 Å². The van der Waals surface area contributed by atoms with Crippen molar-refractivity contribution in [2.75, 3.05) is 7.11 Å². The van der Waals surface area contributed by atoms with Crippen LogP contribution in [-0.4, -0.2) is 23.4 Å². The van der Waals surface area contributed by atoms with Crippen LogP contribution >= 0.6 is 11.6 Å². The number of benzene rings is 1. The first kappa shape index (κ1) is 12.3. The Kier molecular flexibility index (Phi) is 4.08. The van der Waals surface area contributed by atoms with Crippen molar-refractivity contribution in [1.82, 2.24) is 0 Å². The number of carbonyl (C=O) groups excluding carboxylic acids is 1. The van der Waals surface area contributed by atoms with Gasteiger partial charge in [-0.15, -0.1) is 0 Å². The highest BCUT2D eigenvalue weighted by Crippen LogP contribution is 2.20. The van der Waals surface area contributed by atoms with Crippen molar-refractivity contribution in [3.8, 4) is 5.75 Å². The van der Waals surface area contributed by atoms with Crippen LogP contribution in [0, 0.1) is 0 Å². The molecule has 0 bridgehead atoms. The molecule has 16 heavy (non-hydrogen) atoms. The minimum Gasteiger partial charge on any atom is -0.496 e. The number of hydrogen-bond donors (Lipinski definition) is 1. The molecule has 0 aromatic heterocycles. The molecule has 0 unspecified atom stereocenters. The molecule has 1 N–H and O–H groups in total. The van der Waals surface area contributed by atoms with Gasteiger partial charge in [-0.3, -0.25) is 4.79 Å². The normalized spacial score (nSPS) is 10.4. The smallest absolute Gasteiger partial charge is 0.339 e. The van der Waals surface area contributed by atoms with Crippen molar-refractivity contribution in [2.45, 2.75) is 0 Å². The second kappa shape index (κ2) is 5.32. The number of hydrogen-bond acceptors (Lipinski definition) is 3. The van der Waals surface area contributed by atoms with Gasteiger partial charge in [0.05, 0.1) is 7.11 Å². The third-order valence-electron chi connectivity index (χ3n) is 1.86. The summed E-state index contributed by atoms with van der Waals surface area (Å²) in [4.78, 5) is 21.4. The topological polar surface area (TPSA) is 63.6 Å². The van der Waals surface area contributed by atoms with E-state index in [2.05, 4.69) is 0 Å². The molecule has 1 aromatic rings. The lowest BCUT2D eigenvalue weighted by molar-refractivity contribution is -0.107. The van der Waals surface area contributed by atoms with E-state index >= 15 is 0 Å². The molecule has 0 heterocycles. The summed E-state index contributed by atoms with van der Waals surface area (Å²) >= 11 is 5.12. The zero-order chi connectivity index (χ0) is 12.1. The molecule has 0 radical (unpaired) electrons. The predicted octanol–water partition coefficient (Wildman–Crippen LogP) is 2.17. The van der Waals surface area contributed by atoms with Crippen LogP contribution in [0.2, 0.25) is 0 Å². The monoisotopic (exact) mass is 240 g/mol. The van der Waals surface area contributed by atoms with Crippen molar-refractivity contribution >= 4 is 28.9 Å². The minimum absolute atomic E-state index is 0.0340. The van der Waals surface area contributed by atoms with Crippen molar-refractivity contribution < 1.29 is 19.4 Å². The molecule has 0 saturated carbocycles. The van der Waals surface area contributed by atoms with Gasteiger partial charge in [-0.25, -0.2) is 4.79 Å². The Balaban J connectivity index is 3.12. The quantitative estimate of drug-likeness (QED) is 0.647. The maximum atomic E-state index is 10.9. The van der Waals surface area contributed by atoms with E-state index in [0.29, 0.717) is 5.56 Å². The molecule has 1 aromatic carbocycles. The summed E-state index contributed by atoms with van der Waals surface area (Å²) in [6.07, 6.45) is 2.58. The van der Waals surface area contributed by atoms with E-state index in [-0.39, 0.29) is 11.3 Å². The van der Waals surface area contributed by atoms with Crippen LogP contribution in [-0.2, 0) is 4.79 Å². The number of allylic oxidation sites excluding steroid dienone is 1. The average molecular weight is 241 g/mol. The Morgan fingerprint density at radius 1 is 1.44 bits per heavy atom. The summed E-state index contributed by atoms with van der Waals surface area (Å²) in [5, 5.41) is 8.28. The van der Waals surface area contributed by atoms with Gasteiger partial charge in [0, 0.05) is 0 Å². The minimum atomic E-state index is -1.09. The standard InChI is InChI=1S/C11H9ClO4/c1-16-9-4-2-7(3-5-10(12)13)6-8(9)11(14)15/h2-6H,1H3,(H,14,15)/b5-3+. The molecule has 0 atom stereocenters. The zero-order valence-electron chi connectivity index (χ0n) is 8.44. The van der Waals surface area contributed by atoms with E-state index in [1.165, 1.54) is 25.3 Å². The second-order valence-corrected chi connectivity index (χ2v) is 3.27. The highest BCUT2D eigenvalue weighted by atomic mass is 35.5. The molecule has 0 aliphatic rings. The molecule has 4 nitrogen and oxygen atoms in total. The number of carboxylic acid groups (broad SMARTS) is 1. The van der Waals surface area contributed by atoms with E-state index in [4.69, 9.17) is 21.4 Å². The Morgan fingerprint density at radius 3 is 2.62 bits per heavy atom. The van der Waals surface area contributed by atoms with E-state index in [1.54, 1.807) is 6.07 Å². The maximum absolute atomic E-state index is 10.9. The van der Waals surface area contributed by atoms with E-state index in [9.17, 15) is 9.59 Å². The molecule has 1 rings (SSSR count). The van der Waals surface area contributed by atoms with Gasteiger partial charge >= 0.3 is 5.97 Å². The van der Waals surface area contributed by atoms with Crippen molar-refractivity contribution in [3.63, 3.8) is 0 Å². The molecule has 0 amide bonds. The SMILES string of the molecule is COc1ccc(/C=C/C(=O)Cl)cc1C(=O)O. The van der Waals surface area contributed by atoms with E-state index in [1.807, 2.05) is 0 Å². The van der Waals surface area contributed by atoms with Crippen LogP contribution in [0.25, 0.3) is 6.08 Å². The van der Waals surface area contributed by atoms with Crippen LogP contribution in [0.15, 0.2) is 24.3 Å². The van der Waals surface area contributed by atoms with Crippen LogP contribution in [0.5, 0.6) is 5.75 Å². The van der Waals surface area contributed by atoms with Gasteiger partial charge in [0.2, 0.25) is 5.24 Å². The molecule has 5 heteroatoms. The molecule has 0 aliphatic heterocycles. The van der Waals surface area contributed by atoms with Crippen LogP contribution in [0.4, 0.5) is 0 Å². The Hall–Kier alpha value is -1.81. The van der Waals surface area contributed by atoms with Crippen molar-refractivity contribution in [1.29, 1.82) is 0 Å². The average Bonchev–Trinajstić information content (AvgIpc) is 2.25. The summed E-state index contributed by atoms with van der Waals surface area (Å²) in [5.41, 5.74) is 0.596. The van der Waals surface area contributed by atoms with Crippen LogP contribution in [0.3, 0.4) is 0 Å². The molecule has 0 fully saturated rings. The van der Waals surface area contributed by atoms with Crippen LogP contribution < -0.4 is 4.74 Å². The summed E-state index contributed by atoms with van der Waals surface area (Å²) in [5.74, 6) is -0.828. The van der Waals surface area contributed by atoms with Gasteiger partial charge < -0.3 is 9.84 Å². The van der Waals surface area contributed by atoms with E-state index in [0.717, 1.165) is 6.08 Å². The number of ether oxygens (including phenoxy) is 1. The highest BCUT2D eigenvalue weighted by molar-refractivity contribution is 6.66. The fourth-order valence-corrected chi connectivity index (χ4v) is 1.22. The summed E-state index contributed by atoms with van der Waals surface area (Å²) in [6.45, 7) is 0. The van der Waals surface area contributed by atoms with Crippen molar-refractivity contribution in [2.24, 2.45) is 0 Å². The van der Waals surface area contributed by atoms with Gasteiger partial charge in [-0.05, 0) is 35.4 Å². The number of aromatic carboxylic acids is 1. The maximum Gasteiger partial charge on any atom is 0.339 e. The highest BCUT2D eigenvalue weighted by Gasteiger charge is 2.10. The molecule has 0 aliphatic carbocycles. The second-order valence-electron chi connectivity index (χ2n) is 2.90. The summed E-state index contributed by atoms with van der Waals surface area (Å²) in [7, 11) is 1.39. The Labute approximate surface area is 97.1 Å². The first-order chi connectivity index (χ1) is 7.54. The molecule has 0 saturated heterocycles. The zero-order valence-corrected chi connectivity index (χ0v) is 9.19. The predicted molar refractivity (Wildman–Crippen MR) is 59.8 cm³/mol. The van der Waals surface area contributed by atoms with Gasteiger partial charge in [-0.1, -0.05) is 12.1 Å². The Bertz CT molecular complexity index is 451. The summed E-state index contributed by atoms with van der Waals surface area (Å²) in [6, 6.07) is 4.54. The first-order valence-electron chi connectivity index (χ1n) is 4.33. The lowest BCUT2D eigenvalue weighted by Gasteiger charge is -2.05.